The molecule has 0 unspecified atom stereocenters. The summed E-state index contributed by atoms with van der Waals surface area (Å²) in [5, 5.41) is 0. The lowest BCUT2D eigenvalue weighted by Crippen LogP contribution is -2.46. The lowest BCUT2D eigenvalue weighted by molar-refractivity contribution is -0.136. The van der Waals surface area contributed by atoms with Gasteiger partial charge in [0.2, 0.25) is 11.8 Å². The lowest BCUT2D eigenvalue weighted by Gasteiger charge is -2.32. The highest BCUT2D eigenvalue weighted by Gasteiger charge is 2.51. The van der Waals surface area contributed by atoms with Gasteiger partial charge in [-0.15, -0.1) is 0 Å². The van der Waals surface area contributed by atoms with Gasteiger partial charge >= 0.3 is 0 Å². The molecule has 0 N–H and O–H groups in total. The van der Waals surface area contributed by atoms with Crippen molar-refractivity contribution in [3.8, 4) is 0 Å². The molecule has 2 aliphatic rings. The number of anilines is 1. The Morgan fingerprint density at radius 3 is 2.52 bits per heavy atom. The first kappa shape index (κ1) is 17.5. The lowest BCUT2D eigenvalue weighted by atomic mass is 9.73. The molecule has 138 valence electrons. The maximum Gasteiger partial charge on any atom is 0.238 e. The van der Waals surface area contributed by atoms with E-state index in [4.69, 9.17) is 0 Å². The van der Waals surface area contributed by atoms with Crippen LogP contribution in [0.4, 0.5) is 5.69 Å². The first-order chi connectivity index (χ1) is 13.1. The van der Waals surface area contributed by atoms with Crippen LogP contribution in [-0.4, -0.2) is 36.9 Å². The van der Waals surface area contributed by atoms with Crippen LogP contribution in [0.3, 0.4) is 0 Å². The van der Waals surface area contributed by atoms with E-state index in [9.17, 15) is 9.59 Å². The van der Waals surface area contributed by atoms with Gasteiger partial charge < -0.3 is 9.80 Å². The number of hydrogen-bond acceptors (Lipinski definition) is 2. The Morgan fingerprint density at radius 1 is 1.04 bits per heavy atom. The molecule has 0 bridgehead atoms. The molecule has 4 rings (SSSR count). The Bertz CT molecular complexity index is 890. The van der Waals surface area contributed by atoms with Crippen molar-refractivity contribution in [1.29, 1.82) is 0 Å². The average Bonchev–Trinajstić information content (AvgIpc) is 2.92. The molecule has 4 heteroatoms. The van der Waals surface area contributed by atoms with Gasteiger partial charge in [0.1, 0.15) is 0 Å². The van der Waals surface area contributed by atoms with Gasteiger partial charge in [-0.3, -0.25) is 9.59 Å². The molecule has 4 nitrogen and oxygen atoms in total. The predicted octanol–water partition coefficient (Wildman–Crippen LogP) is 3.32. The van der Waals surface area contributed by atoms with Crippen LogP contribution in [0, 0.1) is 0 Å². The number of carbonyl (C=O) groups excluding carboxylic acids is 2. The summed E-state index contributed by atoms with van der Waals surface area (Å²) >= 11 is 0. The zero-order valence-corrected chi connectivity index (χ0v) is 15.6. The molecule has 2 heterocycles. The summed E-state index contributed by atoms with van der Waals surface area (Å²) in [6.07, 6.45) is 5.75. The van der Waals surface area contributed by atoms with Crippen LogP contribution in [-0.2, 0) is 21.4 Å². The van der Waals surface area contributed by atoms with E-state index in [1.54, 1.807) is 4.90 Å². The average molecular weight is 360 g/mol. The van der Waals surface area contributed by atoms with E-state index in [0.29, 0.717) is 13.0 Å². The number of rotatable bonds is 4. The van der Waals surface area contributed by atoms with E-state index in [2.05, 4.69) is 6.08 Å². The topological polar surface area (TPSA) is 40.6 Å². The molecule has 0 aliphatic carbocycles. The van der Waals surface area contributed by atoms with Gasteiger partial charge in [-0.05, 0) is 30.0 Å². The molecule has 0 fully saturated rings. The zero-order valence-electron chi connectivity index (χ0n) is 15.6. The molecule has 0 spiro atoms. The number of amides is 2. The van der Waals surface area contributed by atoms with Crippen molar-refractivity contribution in [2.24, 2.45) is 0 Å². The Balaban J connectivity index is 1.75. The molecule has 27 heavy (non-hydrogen) atoms. The van der Waals surface area contributed by atoms with Crippen LogP contribution in [0.1, 0.15) is 24.0 Å². The van der Waals surface area contributed by atoms with Crippen LogP contribution in [0.5, 0.6) is 0 Å². The Morgan fingerprint density at radius 2 is 1.78 bits per heavy atom. The fourth-order valence-electron chi connectivity index (χ4n) is 4.30. The quantitative estimate of drug-likeness (QED) is 0.785. The number of hydrogen-bond donors (Lipinski definition) is 0. The van der Waals surface area contributed by atoms with E-state index in [0.717, 1.165) is 29.8 Å². The molecular formula is C23H24N2O2. The fraction of sp³-hybridized carbons (Fsp3) is 0.304. The minimum absolute atomic E-state index is 0.00783. The standard InChI is InChI=1S/C23H24N2O2/c1-24-20-13-7-6-12-19(20)23(22(24)27,16-18-10-4-2-5-11-18)17-21(26)25-14-8-3-9-15-25/h2-8,10-13H,9,14-17H2,1H3/t23-/m1/s1. The summed E-state index contributed by atoms with van der Waals surface area (Å²) in [7, 11) is 1.81. The summed E-state index contributed by atoms with van der Waals surface area (Å²) in [6.45, 7) is 1.36. The first-order valence-electron chi connectivity index (χ1n) is 9.46. The van der Waals surface area contributed by atoms with Crippen LogP contribution < -0.4 is 4.90 Å². The molecule has 2 amide bonds. The molecule has 0 saturated carbocycles. The highest BCUT2D eigenvalue weighted by atomic mass is 16.2. The van der Waals surface area contributed by atoms with Gasteiger partial charge in [-0.25, -0.2) is 0 Å². The number of para-hydroxylation sites is 1. The van der Waals surface area contributed by atoms with Crippen LogP contribution >= 0.6 is 0 Å². The second-order valence-corrected chi connectivity index (χ2v) is 7.40. The Labute approximate surface area is 160 Å². The largest absolute Gasteiger partial charge is 0.339 e. The summed E-state index contributed by atoms with van der Waals surface area (Å²) < 4.78 is 0. The molecule has 0 aromatic heterocycles. The van der Waals surface area contributed by atoms with Gasteiger partial charge in [-0.2, -0.15) is 0 Å². The van der Waals surface area contributed by atoms with E-state index < -0.39 is 5.41 Å². The van der Waals surface area contributed by atoms with Crippen molar-refractivity contribution < 1.29 is 9.59 Å². The summed E-state index contributed by atoms with van der Waals surface area (Å²) in [5.41, 5.74) is 2.10. The minimum atomic E-state index is -0.842. The monoisotopic (exact) mass is 360 g/mol. The first-order valence-corrected chi connectivity index (χ1v) is 9.46. The summed E-state index contributed by atoms with van der Waals surface area (Å²) in [6, 6.07) is 17.9. The zero-order chi connectivity index (χ0) is 18.9. The van der Waals surface area contributed by atoms with Gasteiger partial charge in [0.15, 0.2) is 0 Å². The minimum Gasteiger partial charge on any atom is -0.339 e. The van der Waals surface area contributed by atoms with Crippen LogP contribution in [0.15, 0.2) is 66.7 Å². The molecule has 1 atom stereocenters. The van der Waals surface area contributed by atoms with Gasteiger partial charge in [-0.1, -0.05) is 60.7 Å². The number of nitrogens with zero attached hydrogens (tertiary/aromatic N) is 2. The van der Waals surface area contributed by atoms with Gasteiger partial charge in [0, 0.05) is 32.2 Å². The number of fused-ring (bicyclic) bond motifs is 1. The van der Waals surface area contributed by atoms with E-state index in [-0.39, 0.29) is 18.2 Å². The molecule has 0 saturated heterocycles. The van der Waals surface area contributed by atoms with E-state index >= 15 is 0 Å². The number of likely N-dealkylation sites (N-methyl/N-ethyl adjacent to an activating group) is 1. The van der Waals surface area contributed by atoms with Crippen molar-refractivity contribution in [2.75, 3.05) is 25.0 Å². The van der Waals surface area contributed by atoms with E-state index in [1.807, 2.05) is 72.6 Å². The van der Waals surface area contributed by atoms with Crippen molar-refractivity contribution in [2.45, 2.75) is 24.7 Å². The highest BCUT2D eigenvalue weighted by molar-refractivity contribution is 6.10. The summed E-state index contributed by atoms with van der Waals surface area (Å²) in [4.78, 5) is 30.2. The number of benzene rings is 2. The fourth-order valence-corrected chi connectivity index (χ4v) is 4.30. The van der Waals surface area contributed by atoms with Crippen molar-refractivity contribution in [3.63, 3.8) is 0 Å². The third-order valence-electron chi connectivity index (χ3n) is 5.71. The highest BCUT2D eigenvalue weighted by Crippen LogP contribution is 2.45. The molecule has 2 aromatic rings. The number of carbonyl (C=O) groups is 2. The molecule has 0 radical (unpaired) electrons. The molecule has 2 aliphatic heterocycles. The van der Waals surface area contributed by atoms with Crippen LogP contribution in [0.2, 0.25) is 0 Å². The SMILES string of the molecule is CN1C(=O)[C@@](CC(=O)N2CC=CCC2)(Cc2ccccc2)c2ccccc21. The predicted molar refractivity (Wildman–Crippen MR) is 107 cm³/mol. The van der Waals surface area contributed by atoms with E-state index in [1.165, 1.54) is 0 Å². The second-order valence-electron chi connectivity index (χ2n) is 7.40. The van der Waals surface area contributed by atoms with Gasteiger partial charge in [0.05, 0.1) is 5.41 Å². The Kier molecular flexibility index (Phi) is 4.56. The van der Waals surface area contributed by atoms with Gasteiger partial charge in [0.25, 0.3) is 0 Å². The third-order valence-corrected chi connectivity index (χ3v) is 5.71. The summed E-state index contributed by atoms with van der Waals surface area (Å²) in [5.74, 6) is 0.0576. The Hall–Kier alpha value is -2.88. The maximum atomic E-state index is 13.4. The molecular weight excluding hydrogens is 336 g/mol. The second kappa shape index (κ2) is 7.03. The van der Waals surface area contributed by atoms with Crippen molar-refractivity contribution in [1.82, 2.24) is 4.90 Å². The van der Waals surface area contributed by atoms with Crippen molar-refractivity contribution >= 4 is 17.5 Å². The smallest absolute Gasteiger partial charge is 0.238 e. The normalized spacial score (nSPS) is 21.4. The van der Waals surface area contributed by atoms with Crippen molar-refractivity contribution in [3.05, 3.63) is 77.9 Å². The third kappa shape index (κ3) is 3.05. The molecule has 2 aromatic carbocycles. The maximum absolute atomic E-state index is 13.4. The van der Waals surface area contributed by atoms with Crippen LogP contribution in [0.25, 0.3) is 0 Å².